The third-order valence-electron chi connectivity index (χ3n) is 2.87. The fourth-order valence-electron chi connectivity index (χ4n) is 1.92. The maximum absolute atomic E-state index is 11.9. The van der Waals surface area contributed by atoms with E-state index in [0.29, 0.717) is 12.2 Å². The van der Waals surface area contributed by atoms with Gasteiger partial charge in [-0.05, 0) is 42.3 Å². The molecule has 0 N–H and O–H groups in total. The predicted molar refractivity (Wildman–Crippen MR) is 74.6 cm³/mol. The van der Waals surface area contributed by atoms with Crippen LogP contribution in [0.15, 0.2) is 43.0 Å². The van der Waals surface area contributed by atoms with E-state index in [1.54, 1.807) is 6.07 Å². The van der Waals surface area contributed by atoms with Crippen molar-refractivity contribution in [2.75, 3.05) is 6.61 Å². The first-order valence-corrected chi connectivity index (χ1v) is 5.99. The molecule has 0 spiro atoms. The molecular formula is C16H16O2. The molecule has 0 unspecified atom stereocenters. The van der Waals surface area contributed by atoms with Crippen LogP contribution in [0.2, 0.25) is 0 Å². The molecule has 0 aliphatic rings. The topological polar surface area (TPSA) is 26.3 Å². The lowest BCUT2D eigenvalue weighted by atomic mass is 9.99. The Hall–Kier alpha value is -2.09. The van der Waals surface area contributed by atoms with Gasteiger partial charge in [0.2, 0.25) is 0 Å². The monoisotopic (exact) mass is 240 g/mol. The average Bonchev–Trinajstić information content (AvgIpc) is 2.37. The standard InChI is InChI=1S/C16H16O2/c1-4-18-16(17)14-7-5-6-12-8-9-13(11(2)3)10-15(12)14/h5-10H,2,4H2,1,3H3. The van der Waals surface area contributed by atoms with Gasteiger partial charge in [0.15, 0.2) is 0 Å². The van der Waals surface area contributed by atoms with Crippen LogP contribution in [0, 0.1) is 0 Å². The molecule has 92 valence electrons. The Morgan fingerprint density at radius 1 is 1.28 bits per heavy atom. The first-order valence-electron chi connectivity index (χ1n) is 5.99. The first-order chi connectivity index (χ1) is 8.63. The van der Waals surface area contributed by atoms with E-state index in [1.165, 1.54) is 0 Å². The smallest absolute Gasteiger partial charge is 0.338 e. The summed E-state index contributed by atoms with van der Waals surface area (Å²) in [4.78, 5) is 11.9. The van der Waals surface area contributed by atoms with Crippen molar-refractivity contribution in [2.45, 2.75) is 13.8 Å². The zero-order valence-electron chi connectivity index (χ0n) is 10.7. The van der Waals surface area contributed by atoms with Gasteiger partial charge in [0.05, 0.1) is 12.2 Å². The normalized spacial score (nSPS) is 10.3. The second-order valence-electron chi connectivity index (χ2n) is 4.24. The second kappa shape index (κ2) is 5.05. The number of ether oxygens (including phenoxy) is 1. The second-order valence-corrected chi connectivity index (χ2v) is 4.24. The maximum atomic E-state index is 11.9. The lowest BCUT2D eigenvalue weighted by Gasteiger charge is -2.08. The summed E-state index contributed by atoms with van der Waals surface area (Å²) in [5, 5.41) is 1.95. The van der Waals surface area contributed by atoms with Crippen molar-refractivity contribution >= 4 is 22.3 Å². The van der Waals surface area contributed by atoms with Crippen LogP contribution >= 0.6 is 0 Å². The molecule has 2 nitrogen and oxygen atoms in total. The molecule has 0 atom stereocenters. The number of benzene rings is 2. The molecule has 0 saturated heterocycles. The fraction of sp³-hybridized carbons (Fsp3) is 0.188. The Kier molecular flexibility index (Phi) is 3.47. The molecule has 0 saturated carbocycles. The van der Waals surface area contributed by atoms with Crippen molar-refractivity contribution in [1.29, 1.82) is 0 Å². The van der Waals surface area contributed by atoms with Crippen molar-refractivity contribution < 1.29 is 9.53 Å². The number of hydrogen-bond donors (Lipinski definition) is 0. The molecule has 0 radical (unpaired) electrons. The first kappa shape index (κ1) is 12.4. The van der Waals surface area contributed by atoms with E-state index in [-0.39, 0.29) is 5.97 Å². The van der Waals surface area contributed by atoms with Gasteiger partial charge in [-0.3, -0.25) is 0 Å². The van der Waals surface area contributed by atoms with Crippen molar-refractivity contribution in [3.05, 3.63) is 54.1 Å². The third-order valence-corrected chi connectivity index (χ3v) is 2.87. The molecule has 0 amide bonds. The summed E-state index contributed by atoms with van der Waals surface area (Å²) >= 11 is 0. The summed E-state index contributed by atoms with van der Waals surface area (Å²) in [7, 11) is 0. The highest BCUT2D eigenvalue weighted by molar-refractivity contribution is 6.05. The molecule has 0 aliphatic carbocycles. The number of fused-ring (bicyclic) bond motifs is 1. The van der Waals surface area contributed by atoms with E-state index in [2.05, 4.69) is 6.58 Å². The van der Waals surface area contributed by atoms with Gasteiger partial charge in [-0.15, -0.1) is 0 Å². The van der Waals surface area contributed by atoms with Crippen molar-refractivity contribution in [1.82, 2.24) is 0 Å². The number of carbonyl (C=O) groups is 1. The quantitative estimate of drug-likeness (QED) is 0.756. The lowest BCUT2D eigenvalue weighted by Crippen LogP contribution is -2.05. The van der Waals surface area contributed by atoms with Crippen molar-refractivity contribution in [2.24, 2.45) is 0 Å². The Morgan fingerprint density at radius 3 is 2.72 bits per heavy atom. The summed E-state index contributed by atoms with van der Waals surface area (Å²) in [6.45, 7) is 8.07. The summed E-state index contributed by atoms with van der Waals surface area (Å²) in [5.41, 5.74) is 2.63. The average molecular weight is 240 g/mol. The maximum Gasteiger partial charge on any atom is 0.338 e. The lowest BCUT2D eigenvalue weighted by molar-refractivity contribution is 0.0528. The molecule has 18 heavy (non-hydrogen) atoms. The van der Waals surface area contributed by atoms with Gasteiger partial charge in [0.1, 0.15) is 0 Å². The Morgan fingerprint density at radius 2 is 2.06 bits per heavy atom. The molecule has 2 heteroatoms. The van der Waals surface area contributed by atoms with Crippen LogP contribution in [0.5, 0.6) is 0 Å². The summed E-state index contributed by atoms with van der Waals surface area (Å²) in [5.74, 6) is -0.276. The van der Waals surface area contributed by atoms with E-state index < -0.39 is 0 Å². The zero-order chi connectivity index (χ0) is 13.1. The number of allylic oxidation sites excluding steroid dienone is 1. The highest BCUT2D eigenvalue weighted by Crippen LogP contribution is 2.24. The van der Waals surface area contributed by atoms with E-state index in [0.717, 1.165) is 21.9 Å². The largest absolute Gasteiger partial charge is 0.462 e. The molecule has 2 aromatic carbocycles. The summed E-state index contributed by atoms with van der Waals surface area (Å²) in [6, 6.07) is 11.7. The van der Waals surface area contributed by atoms with Gasteiger partial charge < -0.3 is 4.74 Å². The van der Waals surface area contributed by atoms with Crippen LogP contribution in [-0.4, -0.2) is 12.6 Å². The van der Waals surface area contributed by atoms with E-state index in [1.807, 2.05) is 44.2 Å². The van der Waals surface area contributed by atoms with Crippen LogP contribution in [0.25, 0.3) is 16.3 Å². The molecule has 0 fully saturated rings. The number of carbonyl (C=O) groups excluding carboxylic acids is 1. The molecule has 0 bridgehead atoms. The minimum atomic E-state index is -0.276. The fourth-order valence-corrected chi connectivity index (χ4v) is 1.92. The van der Waals surface area contributed by atoms with Crippen LogP contribution < -0.4 is 0 Å². The minimum absolute atomic E-state index is 0.276. The summed E-state index contributed by atoms with van der Waals surface area (Å²) in [6.07, 6.45) is 0. The Bertz CT molecular complexity index is 612. The predicted octanol–water partition coefficient (Wildman–Crippen LogP) is 4.05. The van der Waals surface area contributed by atoms with E-state index >= 15 is 0 Å². The highest BCUT2D eigenvalue weighted by Gasteiger charge is 2.11. The zero-order valence-corrected chi connectivity index (χ0v) is 10.7. The molecule has 0 aliphatic heterocycles. The molecule has 0 heterocycles. The van der Waals surface area contributed by atoms with Gasteiger partial charge in [0, 0.05) is 0 Å². The van der Waals surface area contributed by atoms with Crippen LogP contribution in [0.1, 0.15) is 29.8 Å². The van der Waals surface area contributed by atoms with Gasteiger partial charge >= 0.3 is 5.97 Å². The minimum Gasteiger partial charge on any atom is -0.462 e. The van der Waals surface area contributed by atoms with Crippen LogP contribution in [-0.2, 0) is 4.74 Å². The van der Waals surface area contributed by atoms with Gasteiger partial charge in [-0.2, -0.15) is 0 Å². The third kappa shape index (κ3) is 2.28. The van der Waals surface area contributed by atoms with Crippen LogP contribution in [0.4, 0.5) is 0 Å². The number of esters is 1. The van der Waals surface area contributed by atoms with Crippen LogP contribution in [0.3, 0.4) is 0 Å². The Balaban J connectivity index is 2.62. The molecule has 0 aromatic heterocycles. The molecular weight excluding hydrogens is 224 g/mol. The van der Waals surface area contributed by atoms with E-state index in [9.17, 15) is 4.79 Å². The number of hydrogen-bond acceptors (Lipinski definition) is 2. The SMILES string of the molecule is C=C(C)c1ccc2cccc(C(=O)OCC)c2c1. The van der Waals surface area contributed by atoms with Gasteiger partial charge in [-0.1, -0.05) is 36.4 Å². The Labute approximate surface area is 107 Å². The van der Waals surface area contributed by atoms with Gasteiger partial charge in [-0.25, -0.2) is 4.79 Å². The van der Waals surface area contributed by atoms with E-state index in [4.69, 9.17) is 4.74 Å². The van der Waals surface area contributed by atoms with Gasteiger partial charge in [0.25, 0.3) is 0 Å². The van der Waals surface area contributed by atoms with Crippen molar-refractivity contribution in [3.63, 3.8) is 0 Å². The number of rotatable bonds is 3. The molecule has 2 rings (SSSR count). The van der Waals surface area contributed by atoms with Crippen molar-refractivity contribution in [3.8, 4) is 0 Å². The summed E-state index contributed by atoms with van der Waals surface area (Å²) < 4.78 is 5.08. The molecule has 2 aromatic rings. The highest BCUT2D eigenvalue weighted by atomic mass is 16.5.